The molecule has 1 amide bonds. The van der Waals surface area contributed by atoms with Crippen molar-refractivity contribution >= 4 is 17.3 Å². The van der Waals surface area contributed by atoms with Crippen molar-refractivity contribution in [3.05, 3.63) is 95.1 Å². The van der Waals surface area contributed by atoms with Crippen molar-refractivity contribution < 1.29 is 18.0 Å². The summed E-state index contributed by atoms with van der Waals surface area (Å²) in [6.07, 6.45) is -3.64. The van der Waals surface area contributed by atoms with Crippen molar-refractivity contribution in [2.45, 2.75) is 19.1 Å². The minimum atomic E-state index is -4.59. The highest BCUT2D eigenvalue weighted by Crippen LogP contribution is 2.33. The Morgan fingerprint density at radius 3 is 2.45 bits per heavy atom. The van der Waals surface area contributed by atoms with Crippen molar-refractivity contribution in [2.24, 2.45) is 0 Å². The van der Waals surface area contributed by atoms with Gasteiger partial charge in [-0.05, 0) is 41.8 Å². The van der Waals surface area contributed by atoms with Crippen LogP contribution in [-0.2, 0) is 19.1 Å². The van der Waals surface area contributed by atoms with E-state index in [0.29, 0.717) is 12.2 Å². The van der Waals surface area contributed by atoms with Crippen molar-refractivity contribution in [3.8, 4) is 0 Å². The van der Waals surface area contributed by atoms with Crippen molar-refractivity contribution in [1.29, 1.82) is 0 Å². The minimum absolute atomic E-state index is 0.388. The Bertz CT molecular complexity index is 1050. The van der Waals surface area contributed by atoms with Gasteiger partial charge in [0, 0.05) is 24.5 Å². The number of nitrogens with one attached hydrogen (secondary N) is 1. The molecular formula is C23H19F3N2O. The molecule has 4 rings (SSSR count). The lowest BCUT2D eigenvalue weighted by molar-refractivity contribution is -0.137. The molecular weight excluding hydrogens is 377 g/mol. The summed E-state index contributed by atoms with van der Waals surface area (Å²) in [7, 11) is 0. The quantitative estimate of drug-likeness (QED) is 0.630. The third-order valence-corrected chi connectivity index (χ3v) is 5.09. The molecule has 1 N–H and O–H groups in total. The van der Waals surface area contributed by atoms with Crippen LogP contribution >= 0.6 is 0 Å². The Labute approximate surface area is 166 Å². The fourth-order valence-electron chi connectivity index (χ4n) is 3.67. The van der Waals surface area contributed by atoms with Gasteiger partial charge in [0.05, 0.1) is 11.1 Å². The Kier molecular flexibility index (Phi) is 5.01. The number of hydrogen-bond donors (Lipinski definition) is 1. The normalized spacial score (nSPS) is 13.3. The van der Waals surface area contributed by atoms with Crippen LogP contribution in [0.2, 0.25) is 0 Å². The molecule has 0 unspecified atom stereocenters. The molecule has 1 heterocycles. The molecule has 0 fully saturated rings. The summed E-state index contributed by atoms with van der Waals surface area (Å²) < 4.78 is 39.8. The third kappa shape index (κ3) is 3.97. The molecule has 1 aliphatic rings. The lowest BCUT2D eigenvalue weighted by atomic mass is 10.1. The monoisotopic (exact) mass is 396 g/mol. The van der Waals surface area contributed by atoms with Crippen LogP contribution < -0.4 is 10.2 Å². The van der Waals surface area contributed by atoms with E-state index in [9.17, 15) is 18.0 Å². The van der Waals surface area contributed by atoms with Gasteiger partial charge in [-0.2, -0.15) is 13.2 Å². The van der Waals surface area contributed by atoms with Crippen LogP contribution in [0.5, 0.6) is 0 Å². The Hall–Kier alpha value is -3.28. The maximum atomic E-state index is 13.3. The van der Waals surface area contributed by atoms with Gasteiger partial charge in [0.2, 0.25) is 0 Å². The maximum Gasteiger partial charge on any atom is 0.417 e. The standard InChI is InChI=1S/C23H19F3N2O/c24-23(25,26)19-10-4-3-9-18(19)22(29)27-20-11-5-1-8-17(20)15-28-14-13-16-7-2-6-12-21(16)28/h1-12H,13-15H2,(H,27,29). The Morgan fingerprint density at radius 2 is 1.62 bits per heavy atom. The molecule has 0 bridgehead atoms. The largest absolute Gasteiger partial charge is 0.417 e. The molecule has 0 radical (unpaired) electrons. The zero-order valence-corrected chi connectivity index (χ0v) is 15.5. The van der Waals surface area contributed by atoms with E-state index in [1.807, 2.05) is 24.3 Å². The molecule has 6 heteroatoms. The highest BCUT2D eigenvalue weighted by atomic mass is 19.4. The van der Waals surface area contributed by atoms with Gasteiger partial charge in [-0.1, -0.05) is 48.5 Å². The van der Waals surface area contributed by atoms with E-state index in [1.54, 1.807) is 12.1 Å². The number of hydrogen-bond acceptors (Lipinski definition) is 2. The molecule has 29 heavy (non-hydrogen) atoms. The number of fused-ring (bicyclic) bond motifs is 1. The second-order valence-corrected chi connectivity index (χ2v) is 6.95. The number of rotatable bonds is 4. The van der Waals surface area contributed by atoms with E-state index in [0.717, 1.165) is 30.3 Å². The summed E-state index contributed by atoms with van der Waals surface area (Å²) in [6.45, 7) is 1.42. The first-order valence-electron chi connectivity index (χ1n) is 9.32. The number of benzene rings is 3. The summed E-state index contributed by atoms with van der Waals surface area (Å²) in [5.41, 5.74) is 2.45. The highest BCUT2D eigenvalue weighted by Gasteiger charge is 2.35. The molecule has 0 atom stereocenters. The van der Waals surface area contributed by atoms with E-state index < -0.39 is 17.6 Å². The van der Waals surface area contributed by atoms with E-state index in [2.05, 4.69) is 22.3 Å². The van der Waals surface area contributed by atoms with Crippen LogP contribution in [0.1, 0.15) is 27.0 Å². The van der Waals surface area contributed by atoms with Crippen molar-refractivity contribution in [1.82, 2.24) is 0 Å². The van der Waals surface area contributed by atoms with Crippen LogP contribution in [0.3, 0.4) is 0 Å². The van der Waals surface area contributed by atoms with Crippen molar-refractivity contribution in [2.75, 3.05) is 16.8 Å². The number of halogens is 3. The smallest absolute Gasteiger partial charge is 0.367 e. The summed E-state index contributed by atoms with van der Waals surface area (Å²) in [5, 5.41) is 2.67. The lowest BCUT2D eigenvalue weighted by Crippen LogP contribution is -2.22. The van der Waals surface area contributed by atoms with E-state index in [-0.39, 0.29) is 5.56 Å². The molecule has 0 saturated heterocycles. The van der Waals surface area contributed by atoms with Crippen LogP contribution in [0, 0.1) is 0 Å². The first-order chi connectivity index (χ1) is 13.9. The summed E-state index contributed by atoms with van der Waals surface area (Å²) >= 11 is 0. The Balaban J connectivity index is 1.58. The number of para-hydroxylation sites is 2. The van der Waals surface area contributed by atoms with Gasteiger partial charge >= 0.3 is 6.18 Å². The fraction of sp³-hybridized carbons (Fsp3) is 0.174. The number of carbonyl (C=O) groups is 1. The van der Waals surface area contributed by atoms with Gasteiger partial charge in [-0.3, -0.25) is 4.79 Å². The topological polar surface area (TPSA) is 32.3 Å². The molecule has 3 nitrogen and oxygen atoms in total. The van der Waals surface area contributed by atoms with Crippen LogP contribution in [0.4, 0.5) is 24.5 Å². The predicted molar refractivity (Wildman–Crippen MR) is 107 cm³/mol. The number of amides is 1. The predicted octanol–water partition coefficient (Wildman–Crippen LogP) is 5.52. The first-order valence-corrected chi connectivity index (χ1v) is 9.32. The average Bonchev–Trinajstić information content (AvgIpc) is 3.12. The minimum Gasteiger partial charge on any atom is -0.367 e. The SMILES string of the molecule is O=C(Nc1ccccc1CN1CCc2ccccc21)c1ccccc1C(F)(F)F. The first kappa shape index (κ1) is 19.1. The maximum absolute atomic E-state index is 13.3. The van der Waals surface area contributed by atoms with Gasteiger partial charge in [-0.15, -0.1) is 0 Å². The van der Waals surface area contributed by atoms with Gasteiger partial charge < -0.3 is 10.2 Å². The fourth-order valence-corrected chi connectivity index (χ4v) is 3.67. The molecule has 0 saturated carbocycles. The second kappa shape index (κ2) is 7.62. The number of nitrogens with zero attached hydrogens (tertiary/aromatic N) is 1. The van der Waals surface area contributed by atoms with Crippen LogP contribution in [0.15, 0.2) is 72.8 Å². The number of anilines is 2. The molecule has 0 aliphatic carbocycles. The van der Waals surface area contributed by atoms with Gasteiger partial charge in [0.25, 0.3) is 5.91 Å². The lowest BCUT2D eigenvalue weighted by Gasteiger charge is -2.21. The molecule has 0 spiro atoms. The van der Waals surface area contributed by atoms with Crippen molar-refractivity contribution in [3.63, 3.8) is 0 Å². The van der Waals surface area contributed by atoms with Gasteiger partial charge in [0.15, 0.2) is 0 Å². The van der Waals surface area contributed by atoms with E-state index in [1.165, 1.54) is 23.8 Å². The van der Waals surface area contributed by atoms with Gasteiger partial charge in [-0.25, -0.2) is 0 Å². The zero-order valence-electron chi connectivity index (χ0n) is 15.5. The molecule has 1 aliphatic heterocycles. The summed E-state index contributed by atoms with van der Waals surface area (Å²) in [6, 6.07) is 20.2. The average molecular weight is 396 g/mol. The second-order valence-electron chi connectivity index (χ2n) is 6.95. The van der Waals surface area contributed by atoms with E-state index in [4.69, 9.17) is 0 Å². The third-order valence-electron chi connectivity index (χ3n) is 5.09. The number of alkyl halides is 3. The highest BCUT2D eigenvalue weighted by molar-refractivity contribution is 6.05. The molecule has 148 valence electrons. The van der Waals surface area contributed by atoms with E-state index >= 15 is 0 Å². The summed E-state index contributed by atoms with van der Waals surface area (Å²) in [4.78, 5) is 14.9. The number of carbonyl (C=O) groups excluding carboxylic acids is 1. The van der Waals surface area contributed by atoms with Crippen LogP contribution in [-0.4, -0.2) is 12.5 Å². The zero-order chi connectivity index (χ0) is 20.4. The molecule has 3 aromatic carbocycles. The van der Waals surface area contributed by atoms with Gasteiger partial charge in [0.1, 0.15) is 0 Å². The van der Waals surface area contributed by atoms with Crippen LogP contribution in [0.25, 0.3) is 0 Å². The molecule has 0 aromatic heterocycles. The summed E-state index contributed by atoms with van der Waals surface area (Å²) in [5.74, 6) is -0.771. The Morgan fingerprint density at radius 1 is 0.931 bits per heavy atom. The molecule has 3 aromatic rings.